The minimum Gasteiger partial charge on any atom is -0.357 e. The Hall–Kier alpha value is -1.02. The molecular formula is C19H34F3N5. The maximum Gasteiger partial charge on any atom is 0.401 e. The molecule has 3 aliphatic rings. The summed E-state index contributed by atoms with van der Waals surface area (Å²) in [6.07, 6.45) is 3.18. The highest BCUT2D eigenvalue weighted by Crippen LogP contribution is 2.26. The van der Waals surface area contributed by atoms with Crippen molar-refractivity contribution >= 4 is 5.96 Å². The summed E-state index contributed by atoms with van der Waals surface area (Å²) in [4.78, 5) is 8.79. The first-order chi connectivity index (χ1) is 12.9. The van der Waals surface area contributed by atoms with Gasteiger partial charge in [-0.25, -0.2) is 0 Å². The summed E-state index contributed by atoms with van der Waals surface area (Å²) in [5.74, 6) is 1.02. The molecule has 0 aromatic rings. The van der Waals surface area contributed by atoms with Gasteiger partial charge in [0.1, 0.15) is 0 Å². The third-order valence-electron chi connectivity index (χ3n) is 6.03. The third kappa shape index (κ3) is 6.52. The molecule has 1 aliphatic carbocycles. The topological polar surface area (TPSA) is 42.9 Å². The van der Waals surface area contributed by atoms with E-state index in [1.54, 1.807) is 0 Å². The van der Waals surface area contributed by atoms with Crippen molar-refractivity contribution in [3.8, 4) is 0 Å². The second-order valence-corrected chi connectivity index (χ2v) is 8.29. The number of nitrogens with zero attached hydrogens (tertiary/aromatic N) is 3. The standard InChI is InChI=1S/C19H34F3N5/c1-2-23-18(24-11-15-7-9-26(12-15)14-19(20,21)22)25-16-8-10-27(13-16)17-5-3-4-6-17/h15-17H,2-14H2,1H3,(H2,23,24,25). The molecule has 0 amide bonds. The predicted molar refractivity (Wildman–Crippen MR) is 102 cm³/mol. The summed E-state index contributed by atoms with van der Waals surface area (Å²) in [6, 6.07) is 1.17. The molecule has 156 valence electrons. The molecule has 0 radical (unpaired) electrons. The van der Waals surface area contributed by atoms with Crippen LogP contribution in [0.1, 0.15) is 45.4 Å². The van der Waals surface area contributed by atoms with Gasteiger partial charge < -0.3 is 10.6 Å². The van der Waals surface area contributed by atoms with E-state index < -0.39 is 12.7 Å². The van der Waals surface area contributed by atoms with Crippen LogP contribution in [-0.2, 0) is 0 Å². The van der Waals surface area contributed by atoms with Gasteiger partial charge >= 0.3 is 6.18 Å². The Morgan fingerprint density at radius 1 is 1.07 bits per heavy atom. The van der Waals surface area contributed by atoms with Crippen LogP contribution in [0.5, 0.6) is 0 Å². The van der Waals surface area contributed by atoms with Crippen LogP contribution in [-0.4, -0.2) is 79.8 Å². The van der Waals surface area contributed by atoms with Crippen LogP contribution in [0.2, 0.25) is 0 Å². The maximum atomic E-state index is 12.5. The van der Waals surface area contributed by atoms with Crippen molar-refractivity contribution in [2.75, 3.05) is 45.8 Å². The Bertz CT molecular complexity index is 490. The van der Waals surface area contributed by atoms with Crippen molar-refractivity contribution < 1.29 is 13.2 Å². The Morgan fingerprint density at radius 2 is 1.85 bits per heavy atom. The van der Waals surface area contributed by atoms with Gasteiger partial charge in [-0.05, 0) is 45.1 Å². The van der Waals surface area contributed by atoms with Crippen molar-refractivity contribution in [3.63, 3.8) is 0 Å². The van der Waals surface area contributed by atoms with E-state index in [2.05, 4.69) is 20.5 Å². The molecule has 2 saturated heterocycles. The summed E-state index contributed by atoms with van der Waals surface area (Å²) in [7, 11) is 0. The first kappa shape index (κ1) is 20.7. The lowest BCUT2D eigenvalue weighted by Crippen LogP contribution is -2.45. The van der Waals surface area contributed by atoms with E-state index in [4.69, 9.17) is 0 Å². The lowest BCUT2D eigenvalue weighted by Gasteiger charge is -2.24. The van der Waals surface area contributed by atoms with Gasteiger partial charge in [0.2, 0.25) is 0 Å². The molecular weight excluding hydrogens is 355 g/mol. The van der Waals surface area contributed by atoms with Crippen molar-refractivity contribution in [3.05, 3.63) is 0 Å². The van der Waals surface area contributed by atoms with Crippen molar-refractivity contribution in [2.45, 2.75) is 63.7 Å². The molecule has 3 rings (SSSR count). The van der Waals surface area contributed by atoms with Gasteiger partial charge in [-0.2, -0.15) is 13.2 Å². The van der Waals surface area contributed by atoms with E-state index in [1.165, 1.54) is 30.6 Å². The zero-order chi connectivity index (χ0) is 19.3. The molecule has 0 aromatic heterocycles. The van der Waals surface area contributed by atoms with E-state index in [1.807, 2.05) is 6.92 Å². The minimum absolute atomic E-state index is 0.210. The Labute approximate surface area is 160 Å². The summed E-state index contributed by atoms with van der Waals surface area (Å²) in [5, 5.41) is 6.84. The largest absolute Gasteiger partial charge is 0.401 e. The molecule has 1 saturated carbocycles. The third-order valence-corrected chi connectivity index (χ3v) is 6.03. The molecule has 2 N–H and O–H groups in total. The highest BCUT2D eigenvalue weighted by atomic mass is 19.4. The molecule has 3 fully saturated rings. The quantitative estimate of drug-likeness (QED) is 0.541. The Balaban J connectivity index is 1.44. The van der Waals surface area contributed by atoms with E-state index in [9.17, 15) is 13.2 Å². The Morgan fingerprint density at radius 3 is 2.56 bits per heavy atom. The fraction of sp³-hybridized carbons (Fsp3) is 0.947. The summed E-state index contributed by atoms with van der Waals surface area (Å²) in [6.45, 7) is 5.83. The molecule has 0 aromatic carbocycles. The zero-order valence-electron chi connectivity index (χ0n) is 16.4. The van der Waals surface area contributed by atoms with E-state index in [-0.39, 0.29) is 5.92 Å². The molecule has 2 aliphatic heterocycles. The average Bonchev–Trinajstić information content (AvgIpc) is 3.33. The highest BCUT2D eigenvalue weighted by Gasteiger charge is 2.34. The molecule has 0 spiro atoms. The molecule has 0 bridgehead atoms. The Kier molecular flexibility index (Phi) is 7.25. The molecule has 2 unspecified atom stereocenters. The number of hydrogen-bond donors (Lipinski definition) is 2. The predicted octanol–water partition coefficient (Wildman–Crippen LogP) is 2.44. The molecule has 2 heterocycles. The van der Waals surface area contributed by atoms with Crippen LogP contribution in [0.4, 0.5) is 13.2 Å². The zero-order valence-corrected chi connectivity index (χ0v) is 16.4. The van der Waals surface area contributed by atoms with Gasteiger partial charge in [0.05, 0.1) is 6.54 Å². The van der Waals surface area contributed by atoms with Crippen LogP contribution < -0.4 is 10.6 Å². The number of guanidine groups is 1. The van der Waals surface area contributed by atoms with Crippen LogP contribution in [0.15, 0.2) is 4.99 Å². The average molecular weight is 390 g/mol. The van der Waals surface area contributed by atoms with Gasteiger partial charge in [-0.1, -0.05) is 12.8 Å². The second kappa shape index (κ2) is 9.45. The van der Waals surface area contributed by atoms with Crippen LogP contribution in [0.25, 0.3) is 0 Å². The minimum atomic E-state index is -4.11. The first-order valence-corrected chi connectivity index (χ1v) is 10.5. The summed E-state index contributed by atoms with van der Waals surface area (Å²) >= 11 is 0. The molecule has 2 atom stereocenters. The van der Waals surface area contributed by atoms with E-state index in [0.29, 0.717) is 25.7 Å². The van der Waals surface area contributed by atoms with Crippen LogP contribution >= 0.6 is 0 Å². The van der Waals surface area contributed by atoms with Crippen molar-refractivity contribution in [2.24, 2.45) is 10.9 Å². The van der Waals surface area contributed by atoms with Gasteiger partial charge in [0.25, 0.3) is 0 Å². The van der Waals surface area contributed by atoms with Gasteiger partial charge in [-0.3, -0.25) is 14.8 Å². The number of nitrogens with one attached hydrogen (secondary N) is 2. The number of aliphatic imine (C=N–C) groups is 1. The van der Waals surface area contributed by atoms with Gasteiger partial charge in [-0.15, -0.1) is 0 Å². The lowest BCUT2D eigenvalue weighted by atomic mass is 10.1. The first-order valence-electron chi connectivity index (χ1n) is 10.5. The molecule has 5 nitrogen and oxygen atoms in total. The lowest BCUT2D eigenvalue weighted by molar-refractivity contribution is -0.143. The summed E-state index contributed by atoms with van der Waals surface area (Å²) < 4.78 is 37.6. The fourth-order valence-electron chi connectivity index (χ4n) is 4.70. The number of alkyl halides is 3. The van der Waals surface area contributed by atoms with E-state index in [0.717, 1.165) is 44.5 Å². The van der Waals surface area contributed by atoms with Crippen LogP contribution in [0, 0.1) is 5.92 Å². The number of hydrogen-bond acceptors (Lipinski definition) is 3. The molecule has 8 heteroatoms. The normalized spacial score (nSPS) is 29.0. The van der Waals surface area contributed by atoms with Crippen molar-refractivity contribution in [1.29, 1.82) is 0 Å². The van der Waals surface area contributed by atoms with Crippen LogP contribution in [0.3, 0.4) is 0 Å². The smallest absolute Gasteiger partial charge is 0.357 e. The number of halogens is 3. The van der Waals surface area contributed by atoms with Crippen molar-refractivity contribution in [1.82, 2.24) is 20.4 Å². The van der Waals surface area contributed by atoms with E-state index >= 15 is 0 Å². The summed E-state index contributed by atoms with van der Waals surface area (Å²) in [5.41, 5.74) is 0. The SMILES string of the molecule is CCNC(=NCC1CCN(CC(F)(F)F)C1)NC1CCN(C2CCCC2)C1. The highest BCUT2D eigenvalue weighted by molar-refractivity contribution is 5.80. The monoisotopic (exact) mass is 389 g/mol. The second-order valence-electron chi connectivity index (χ2n) is 8.29. The molecule has 27 heavy (non-hydrogen) atoms. The number of rotatable bonds is 6. The fourth-order valence-corrected chi connectivity index (χ4v) is 4.70. The van der Waals surface area contributed by atoms with Gasteiger partial charge in [0.15, 0.2) is 5.96 Å². The number of likely N-dealkylation sites (tertiary alicyclic amines) is 2. The van der Waals surface area contributed by atoms with Gasteiger partial charge in [0, 0.05) is 44.8 Å². The maximum absolute atomic E-state index is 12.5.